The fourth-order valence-electron chi connectivity index (χ4n) is 3.22. The number of nitrogens with one attached hydrogen (secondary N) is 1. The fraction of sp³-hybridized carbons (Fsp3) is 0.316. The molecule has 3 N–H and O–H groups in total. The molecule has 2 aromatic carbocycles. The molecule has 0 aromatic heterocycles. The number of hydrogen-bond acceptors (Lipinski definition) is 3. The SMILES string of the molecule is CC(C(=O)Nc1ccc(F)c(F)c1)N1C[C@@H](N)[C@H](c2ccccc2)C1.Cl. The molecule has 1 heterocycles. The van der Waals surface area contributed by atoms with Crippen LogP contribution in [-0.4, -0.2) is 36.0 Å². The van der Waals surface area contributed by atoms with Gasteiger partial charge in [-0.2, -0.15) is 0 Å². The Morgan fingerprint density at radius 3 is 2.50 bits per heavy atom. The summed E-state index contributed by atoms with van der Waals surface area (Å²) in [5.41, 5.74) is 7.66. The van der Waals surface area contributed by atoms with Gasteiger partial charge in [0.25, 0.3) is 0 Å². The highest BCUT2D eigenvalue weighted by Crippen LogP contribution is 2.28. The Balaban J connectivity index is 0.00000243. The van der Waals surface area contributed by atoms with Crippen molar-refractivity contribution in [3.63, 3.8) is 0 Å². The lowest BCUT2D eigenvalue weighted by Crippen LogP contribution is -2.41. The van der Waals surface area contributed by atoms with Gasteiger partial charge in [0.1, 0.15) is 0 Å². The molecular formula is C19H22ClF2N3O. The highest BCUT2D eigenvalue weighted by atomic mass is 35.5. The maximum absolute atomic E-state index is 13.3. The first-order chi connectivity index (χ1) is 12.0. The normalized spacial score (nSPS) is 21.1. The van der Waals surface area contributed by atoms with Crippen LogP contribution in [0.3, 0.4) is 0 Å². The molecular weight excluding hydrogens is 360 g/mol. The van der Waals surface area contributed by atoms with Gasteiger partial charge in [0, 0.05) is 36.8 Å². The van der Waals surface area contributed by atoms with Gasteiger partial charge < -0.3 is 11.1 Å². The third kappa shape index (κ3) is 4.38. The first-order valence-electron chi connectivity index (χ1n) is 8.26. The number of rotatable bonds is 4. The predicted molar refractivity (Wildman–Crippen MR) is 100 cm³/mol. The maximum Gasteiger partial charge on any atom is 0.241 e. The predicted octanol–water partition coefficient (Wildman–Crippen LogP) is 3.14. The van der Waals surface area contributed by atoms with Gasteiger partial charge in [-0.1, -0.05) is 30.3 Å². The van der Waals surface area contributed by atoms with Gasteiger partial charge in [-0.25, -0.2) is 8.78 Å². The zero-order valence-corrected chi connectivity index (χ0v) is 15.2. The summed E-state index contributed by atoms with van der Waals surface area (Å²) in [5.74, 6) is -2.04. The number of anilines is 1. The van der Waals surface area contributed by atoms with Crippen molar-refractivity contribution in [1.82, 2.24) is 4.90 Å². The standard InChI is InChI=1S/C19H21F2N3O.ClH/c1-12(19(25)23-14-7-8-16(20)17(21)9-14)24-10-15(18(22)11-24)13-5-3-2-4-6-13;/h2-9,12,15,18H,10-11,22H2,1H3,(H,23,25);1H/t12?,15-,18+;/m0./s1. The summed E-state index contributed by atoms with van der Waals surface area (Å²) < 4.78 is 26.2. The molecule has 140 valence electrons. The Bertz CT molecular complexity index is 760. The van der Waals surface area contributed by atoms with E-state index < -0.39 is 17.7 Å². The highest BCUT2D eigenvalue weighted by molar-refractivity contribution is 5.94. The third-order valence-electron chi connectivity index (χ3n) is 4.74. The van der Waals surface area contributed by atoms with Gasteiger partial charge in [0.05, 0.1) is 6.04 Å². The molecule has 0 aliphatic carbocycles. The molecule has 1 amide bonds. The molecule has 1 saturated heterocycles. The molecule has 1 aliphatic heterocycles. The monoisotopic (exact) mass is 381 g/mol. The molecule has 4 nitrogen and oxygen atoms in total. The number of halogens is 3. The van der Waals surface area contributed by atoms with Crippen molar-refractivity contribution >= 4 is 24.0 Å². The molecule has 7 heteroatoms. The Labute approximate surface area is 157 Å². The lowest BCUT2D eigenvalue weighted by Gasteiger charge is -2.23. The van der Waals surface area contributed by atoms with E-state index in [2.05, 4.69) is 5.32 Å². The summed E-state index contributed by atoms with van der Waals surface area (Å²) >= 11 is 0. The van der Waals surface area contributed by atoms with Crippen molar-refractivity contribution < 1.29 is 13.6 Å². The van der Waals surface area contributed by atoms with E-state index in [1.807, 2.05) is 35.2 Å². The fourth-order valence-corrected chi connectivity index (χ4v) is 3.22. The van der Waals surface area contributed by atoms with Crippen LogP contribution in [-0.2, 0) is 4.79 Å². The molecule has 1 unspecified atom stereocenters. The minimum atomic E-state index is -0.988. The van der Waals surface area contributed by atoms with Crippen molar-refractivity contribution in [2.45, 2.75) is 24.9 Å². The van der Waals surface area contributed by atoms with Crippen LogP contribution in [0.1, 0.15) is 18.4 Å². The second-order valence-corrected chi connectivity index (χ2v) is 6.43. The molecule has 0 radical (unpaired) electrons. The van der Waals surface area contributed by atoms with Gasteiger partial charge in [0.15, 0.2) is 11.6 Å². The number of benzene rings is 2. The molecule has 0 saturated carbocycles. The van der Waals surface area contributed by atoms with Gasteiger partial charge in [0.2, 0.25) is 5.91 Å². The minimum Gasteiger partial charge on any atom is -0.326 e. The summed E-state index contributed by atoms with van der Waals surface area (Å²) in [6.07, 6.45) is 0. The summed E-state index contributed by atoms with van der Waals surface area (Å²) in [6, 6.07) is 12.8. The van der Waals surface area contributed by atoms with Crippen LogP contribution in [0.15, 0.2) is 48.5 Å². The summed E-state index contributed by atoms with van der Waals surface area (Å²) in [4.78, 5) is 14.4. The van der Waals surface area contributed by atoms with Crippen molar-refractivity contribution in [2.75, 3.05) is 18.4 Å². The second kappa shape index (κ2) is 8.58. The van der Waals surface area contributed by atoms with Crippen LogP contribution < -0.4 is 11.1 Å². The van der Waals surface area contributed by atoms with Gasteiger partial charge in [-0.05, 0) is 24.6 Å². The number of carbonyl (C=O) groups is 1. The first-order valence-corrected chi connectivity index (χ1v) is 8.26. The van der Waals surface area contributed by atoms with Crippen molar-refractivity contribution in [3.8, 4) is 0 Å². The highest BCUT2D eigenvalue weighted by Gasteiger charge is 2.35. The quantitative estimate of drug-likeness (QED) is 0.855. The topological polar surface area (TPSA) is 58.4 Å². The molecule has 3 rings (SSSR count). The van der Waals surface area contributed by atoms with Crippen LogP contribution in [0.2, 0.25) is 0 Å². The molecule has 1 aliphatic rings. The van der Waals surface area contributed by atoms with Gasteiger partial charge in [-0.3, -0.25) is 9.69 Å². The molecule has 26 heavy (non-hydrogen) atoms. The lowest BCUT2D eigenvalue weighted by molar-refractivity contribution is -0.120. The van der Waals surface area contributed by atoms with E-state index in [4.69, 9.17) is 5.73 Å². The summed E-state index contributed by atoms with van der Waals surface area (Å²) in [6.45, 7) is 3.07. The lowest BCUT2D eigenvalue weighted by atomic mass is 9.95. The van der Waals surface area contributed by atoms with E-state index in [9.17, 15) is 13.6 Å². The molecule has 2 aromatic rings. The second-order valence-electron chi connectivity index (χ2n) is 6.43. The van der Waals surface area contributed by atoms with E-state index in [1.165, 1.54) is 6.07 Å². The number of likely N-dealkylation sites (tertiary alicyclic amines) is 1. The number of carbonyl (C=O) groups excluding carboxylic acids is 1. The van der Waals surface area contributed by atoms with Gasteiger partial charge >= 0.3 is 0 Å². The van der Waals surface area contributed by atoms with E-state index in [1.54, 1.807) is 6.92 Å². The molecule has 1 fully saturated rings. The molecule has 0 spiro atoms. The first kappa shape index (κ1) is 20.3. The van der Waals surface area contributed by atoms with Crippen LogP contribution in [0, 0.1) is 11.6 Å². The summed E-state index contributed by atoms with van der Waals surface area (Å²) in [5, 5.41) is 2.63. The molecule has 3 atom stereocenters. The van der Waals surface area contributed by atoms with Gasteiger partial charge in [-0.15, -0.1) is 12.4 Å². The Hall–Kier alpha value is -2.02. The number of nitrogens with zero attached hydrogens (tertiary/aromatic N) is 1. The Kier molecular flexibility index (Phi) is 6.69. The van der Waals surface area contributed by atoms with Crippen LogP contribution in [0.4, 0.5) is 14.5 Å². The maximum atomic E-state index is 13.3. The van der Waals surface area contributed by atoms with Crippen molar-refractivity contribution in [3.05, 3.63) is 65.7 Å². The van der Waals surface area contributed by atoms with Crippen LogP contribution in [0.25, 0.3) is 0 Å². The Morgan fingerprint density at radius 2 is 1.85 bits per heavy atom. The Morgan fingerprint density at radius 1 is 1.15 bits per heavy atom. The number of amides is 1. The van der Waals surface area contributed by atoms with E-state index in [-0.39, 0.29) is 36.0 Å². The van der Waals surface area contributed by atoms with Crippen molar-refractivity contribution in [2.24, 2.45) is 5.73 Å². The van der Waals surface area contributed by atoms with Crippen molar-refractivity contribution in [1.29, 1.82) is 0 Å². The number of nitrogens with two attached hydrogens (primary N) is 1. The van der Waals surface area contributed by atoms with E-state index >= 15 is 0 Å². The van der Waals surface area contributed by atoms with E-state index in [0.29, 0.717) is 13.1 Å². The third-order valence-corrected chi connectivity index (χ3v) is 4.74. The average molecular weight is 382 g/mol. The van der Waals surface area contributed by atoms with E-state index in [0.717, 1.165) is 17.7 Å². The van der Waals surface area contributed by atoms with Crippen LogP contribution in [0.5, 0.6) is 0 Å². The zero-order valence-electron chi connectivity index (χ0n) is 14.4. The summed E-state index contributed by atoms with van der Waals surface area (Å²) in [7, 11) is 0. The molecule has 0 bridgehead atoms. The largest absolute Gasteiger partial charge is 0.326 e. The number of hydrogen-bond donors (Lipinski definition) is 2. The zero-order chi connectivity index (χ0) is 18.0. The van der Waals surface area contributed by atoms with Crippen LogP contribution >= 0.6 is 12.4 Å². The smallest absolute Gasteiger partial charge is 0.241 e. The average Bonchev–Trinajstić information content (AvgIpc) is 3.00. The minimum absolute atomic E-state index is 0.